The lowest BCUT2D eigenvalue weighted by Crippen LogP contribution is -2.34. The van der Waals surface area contributed by atoms with E-state index in [1.54, 1.807) is 11.3 Å². The normalized spacial score (nSPS) is 17.3. The van der Waals surface area contributed by atoms with Crippen LogP contribution in [0.15, 0.2) is 36.4 Å². The first kappa shape index (κ1) is 16.2. The summed E-state index contributed by atoms with van der Waals surface area (Å²) in [6.07, 6.45) is 0. The molecule has 2 heterocycles. The molecule has 1 unspecified atom stereocenters. The Morgan fingerprint density at radius 2 is 2.17 bits per heavy atom. The fourth-order valence-electron chi connectivity index (χ4n) is 2.54. The second kappa shape index (κ2) is 7.27. The lowest BCUT2D eigenvalue weighted by atomic mass is 10.3. The van der Waals surface area contributed by atoms with Crippen molar-refractivity contribution < 1.29 is 9.53 Å². The van der Waals surface area contributed by atoms with E-state index in [1.165, 1.54) is 9.75 Å². The molecule has 1 aliphatic rings. The van der Waals surface area contributed by atoms with Gasteiger partial charge in [-0.1, -0.05) is 12.1 Å². The molecule has 1 atom stereocenters. The van der Waals surface area contributed by atoms with Crippen LogP contribution in [-0.4, -0.2) is 29.8 Å². The molecule has 1 saturated heterocycles. The molecule has 0 saturated carbocycles. The fourth-order valence-corrected chi connectivity index (χ4v) is 4.91. The first-order valence-electron chi connectivity index (χ1n) is 7.66. The van der Waals surface area contributed by atoms with E-state index in [9.17, 15) is 4.79 Å². The number of aryl methyl sites for hydroxylation is 1. The van der Waals surface area contributed by atoms with Crippen LogP contribution in [0.5, 0.6) is 5.75 Å². The molecular weight excluding hydrogens is 328 g/mol. The first-order chi connectivity index (χ1) is 11.2. The number of ether oxygens (including phenoxy) is 1. The standard InChI is InChI=1S/C17H20N2O2S2/c1-3-21-14-7-5-4-6-13(14)18-17(20)19-10-11-22-16(19)15-9-8-12(2)23-15/h4-9,16H,3,10-11H2,1-2H3,(H,18,20). The highest BCUT2D eigenvalue weighted by Gasteiger charge is 2.31. The number of thioether (sulfide) groups is 1. The zero-order valence-electron chi connectivity index (χ0n) is 13.2. The van der Waals surface area contributed by atoms with E-state index in [0.29, 0.717) is 12.4 Å². The molecular formula is C17H20N2O2S2. The number of rotatable bonds is 4. The highest BCUT2D eigenvalue weighted by atomic mass is 32.2. The molecule has 2 amide bonds. The van der Waals surface area contributed by atoms with Gasteiger partial charge in [-0.2, -0.15) is 0 Å². The van der Waals surface area contributed by atoms with Crippen molar-refractivity contribution in [3.63, 3.8) is 0 Å². The van der Waals surface area contributed by atoms with Crippen LogP contribution >= 0.6 is 23.1 Å². The minimum absolute atomic E-state index is 0.0711. The highest BCUT2D eigenvalue weighted by Crippen LogP contribution is 2.41. The van der Waals surface area contributed by atoms with E-state index in [1.807, 2.05) is 47.9 Å². The Morgan fingerprint density at radius 1 is 1.35 bits per heavy atom. The zero-order valence-corrected chi connectivity index (χ0v) is 14.9. The van der Waals surface area contributed by atoms with Gasteiger partial charge >= 0.3 is 6.03 Å². The van der Waals surface area contributed by atoms with E-state index < -0.39 is 0 Å². The van der Waals surface area contributed by atoms with Gasteiger partial charge in [0.25, 0.3) is 0 Å². The van der Waals surface area contributed by atoms with Gasteiger partial charge in [0, 0.05) is 22.1 Å². The molecule has 6 heteroatoms. The third-order valence-electron chi connectivity index (χ3n) is 3.58. The monoisotopic (exact) mass is 348 g/mol. The van der Waals surface area contributed by atoms with E-state index >= 15 is 0 Å². The molecule has 0 aliphatic carbocycles. The van der Waals surface area contributed by atoms with Crippen molar-refractivity contribution in [3.05, 3.63) is 46.2 Å². The van der Waals surface area contributed by atoms with E-state index in [4.69, 9.17) is 4.74 Å². The fraction of sp³-hybridized carbons (Fsp3) is 0.353. The summed E-state index contributed by atoms with van der Waals surface area (Å²) in [5.74, 6) is 1.67. The van der Waals surface area contributed by atoms with Gasteiger partial charge in [0.05, 0.1) is 12.3 Å². The van der Waals surface area contributed by atoms with Crippen LogP contribution in [0.3, 0.4) is 0 Å². The lowest BCUT2D eigenvalue weighted by Gasteiger charge is -2.24. The number of carbonyl (C=O) groups is 1. The number of anilines is 1. The van der Waals surface area contributed by atoms with Gasteiger partial charge in [-0.3, -0.25) is 0 Å². The van der Waals surface area contributed by atoms with Crippen LogP contribution in [0.2, 0.25) is 0 Å². The van der Waals surface area contributed by atoms with Crippen LogP contribution in [0.25, 0.3) is 0 Å². The minimum Gasteiger partial charge on any atom is -0.492 e. The number of urea groups is 1. The van der Waals surface area contributed by atoms with Gasteiger partial charge < -0.3 is 15.0 Å². The Morgan fingerprint density at radius 3 is 2.91 bits per heavy atom. The number of hydrogen-bond acceptors (Lipinski definition) is 4. The maximum Gasteiger partial charge on any atom is 0.323 e. The number of benzene rings is 1. The molecule has 1 aromatic carbocycles. The molecule has 1 N–H and O–H groups in total. The van der Waals surface area contributed by atoms with Crippen molar-refractivity contribution >= 4 is 34.8 Å². The van der Waals surface area contributed by atoms with Crippen LogP contribution in [-0.2, 0) is 0 Å². The van der Waals surface area contributed by atoms with Crippen molar-refractivity contribution in [2.24, 2.45) is 0 Å². The molecule has 2 aromatic rings. The maximum absolute atomic E-state index is 12.7. The van der Waals surface area contributed by atoms with Gasteiger partial charge in [-0.15, -0.1) is 23.1 Å². The Labute approximate surface area is 144 Å². The zero-order chi connectivity index (χ0) is 16.2. The Hall–Kier alpha value is -1.66. The summed E-state index contributed by atoms with van der Waals surface area (Å²) in [4.78, 5) is 17.1. The molecule has 0 spiro atoms. The van der Waals surface area contributed by atoms with Crippen LogP contribution in [0, 0.1) is 6.92 Å². The van der Waals surface area contributed by atoms with Gasteiger partial charge in [-0.05, 0) is 38.1 Å². The number of carbonyl (C=O) groups excluding carboxylic acids is 1. The Bertz CT molecular complexity index is 687. The average Bonchev–Trinajstić information content (AvgIpc) is 3.18. The number of para-hydroxylation sites is 2. The van der Waals surface area contributed by atoms with Crippen molar-refractivity contribution in [2.45, 2.75) is 19.2 Å². The maximum atomic E-state index is 12.7. The Kier molecular flexibility index (Phi) is 5.13. The topological polar surface area (TPSA) is 41.6 Å². The molecule has 1 aromatic heterocycles. The van der Waals surface area contributed by atoms with Crippen LogP contribution < -0.4 is 10.1 Å². The summed E-state index contributed by atoms with van der Waals surface area (Å²) < 4.78 is 5.58. The van der Waals surface area contributed by atoms with E-state index in [2.05, 4.69) is 24.4 Å². The minimum atomic E-state index is -0.0711. The predicted octanol–water partition coefficient (Wildman–Crippen LogP) is 4.73. The largest absolute Gasteiger partial charge is 0.492 e. The predicted molar refractivity (Wildman–Crippen MR) is 97.6 cm³/mol. The molecule has 4 nitrogen and oxygen atoms in total. The second-order valence-corrected chi connectivity index (χ2v) is 7.73. The number of amides is 2. The number of thiophene rings is 1. The SMILES string of the molecule is CCOc1ccccc1NC(=O)N1CCSC1c1ccc(C)s1. The number of hydrogen-bond donors (Lipinski definition) is 1. The van der Waals surface area contributed by atoms with Crippen LogP contribution in [0.4, 0.5) is 10.5 Å². The van der Waals surface area contributed by atoms with Gasteiger partial charge in [0.2, 0.25) is 0 Å². The van der Waals surface area contributed by atoms with Crippen LogP contribution in [0.1, 0.15) is 22.1 Å². The number of nitrogens with one attached hydrogen (secondary N) is 1. The summed E-state index contributed by atoms with van der Waals surface area (Å²) in [6.45, 7) is 5.36. The lowest BCUT2D eigenvalue weighted by molar-refractivity contribution is 0.214. The summed E-state index contributed by atoms with van der Waals surface area (Å²) in [5.41, 5.74) is 0.720. The van der Waals surface area contributed by atoms with Gasteiger partial charge in [-0.25, -0.2) is 4.79 Å². The van der Waals surface area contributed by atoms with E-state index in [-0.39, 0.29) is 11.4 Å². The molecule has 0 bridgehead atoms. The molecule has 23 heavy (non-hydrogen) atoms. The van der Waals surface area contributed by atoms with Crippen molar-refractivity contribution in [2.75, 3.05) is 24.2 Å². The molecule has 3 rings (SSSR count). The summed E-state index contributed by atoms with van der Waals surface area (Å²) in [5, 5.41) is 3.10. The third kappa shape index (κ3) is 3.64. The summed E-state index contributed by atoms with van der Waals surface area (Å²) >= 11 is 3.57. The van der Waals surface area contributed by atoms with Gasteiger partial charge in [0.1, 0.15) is 11.1 Å². The molecule has 122 valence electrons. The quantitative estimate of drug-likeness (QED) is 0.868. The first-order valence-corrected chi connectivity index (χ1v) is 9.53. The second-order valence-electron chi connectivity index (χ2n) is 5.22. The van der Waals surface area contributed by atoms with Crippen molar-refractivity contribution in [1.82, 2.24) is 4.90 Å². The summed E-state index contributed by atoms with van der Waals surface area (Å²) in [7, 11) is 0. The Balaban J connectivity index is 1.75. The van der Waals surface area contributed by atoms with Crippen molar-refractivity contribution in [3.8, 4) is 5.75 Å². The molecule has 1 fully saturated rings. The average molecular weight is 348 g/mol. The molecule has 1 aliphatic heterocycles. The number of nitrogens with zero attached hydrogens (tertiary/aromatic N) is 1. The van der Waals surface area contributed by atoms with Gasteiger partial charge in [0.15, 0.2) is 0 Å². The summed E-state index contributed by atoms with van der Waals surface area (Å²) in [6, 6.07) is 11.7. The third-order valence-corrected chi connectivity index (χ3v) is 6.03. The van der Waals surface area contributed by atoms with Crippen molar-refractivity contribution in [1.29, 1.82) is 0 Å². The highest BCUT2D eigenvalue weighted by molar-refractivity contribution is 7.99. The molecule has 0 radical (unpaired) electrons. The van der Waals surface area contributed by atoms with E-state index in [0.717, 1.165) is 18.0 Å². The smallest absolute Gasteiger partial charge is 0.323 e.